The Bertz CT molecular complexity index is 1480. The SMILES string of the molecule is CC(C)(Br)C(=O)Oc1ccc(-c2cc(-c3ccc(OC(=O)C(C)(C)Br)cc3)cc(-c3ccc(OC(=O)C(C)(C)Br)cc3)c2)cc1. The third-order valence-corrected chi connectivity index (χ3v) is 7.56. The summed E-state index contributed by atoms with van der Waals surface area (Å²) in [5.74, 6) is 0.176. The van der Waals surface area contributed by atoms with Crippen LogP contribution in [-0.4, -0.2) is 30.9 Å². The van der Waals surface area contributed by atoms with Gasteiger partial charge in [0.05, 0.1) is 0 Å². The molecule has 0 N–H and O–H groups in total. The molecule has 0 aliphatic carbocycles. The van der Waals surface area contributed by atoms with E-state index in [1.807, 2.05) is 36.4 Å². The Morgan fingerprint density at radius 1 is 0.400 bits per heavy atom. The van der Waals surface area contributed by atoms with E-state index in [1.165, 1.54) is 0 Å². The van der Waals surface area contributed by atoms with E-state index in [0.29, 0.717) is 17.2 Å². The van der Waals surface area contributed by atoms with Crippen LogP contribution in [0, 0.1) is 0 Å². The van der Waals surface area contributed by atoms with E-state index in [2.05, 4.69) is 66.0 Å². The fourth-order valence-corrected chi connectivity index (χ4v) is 4.20. The van der Waals surface area contributed by atoms with Crippen molar-refractivity contribution in [2.75, 3.05) is 0 Å². The smallest absolute Gasteiger partial charge is 0.327 e. The van der Waals surface area contributed by atoms with Gasteiger partial charge in [-0.15, -0.1) is 0 Å². The second kappa shape index (κ2) is 13.6. The fourth-order valence-electron chi connectivity index (χ4n) is 3.96. The molecule has 0 saturated carbocycles. The van der Waals surface area contributed by atoms with Crippen LogP contribution in [-0.2, 0) is 14.4 Å². The van der Waals surface area contributed by atoms with Crippen LogP contribution < -0.4 is 14.2 Å². The van der Waals surface area contributed by atoms with E-state index < -0.39 is 13.0 Å². The van der Waals surface area contributed by atoms with Gasteiger partial charge < -0.3 is 14.2 Å². The van der Waals surface area contributed by atoms with Gasteiger partial charge in [0.25, 0.3) is 0 Å². The molecule has 0 aliphatic rings. The maximum Gasteiger partial charge on any atom is 0.327 e. The van der Waals surface area contributed by atoms with Crippen LogP contribution in [0.25, 0.3) is 33.4 Å². The number of ether oxygens (including phenoxy) is 3. The molecular weight excluding hydrogens is 768 g/mol. The van der Waals surface area contributed by atoms with Crippen molar-refractivity contribution in [1.82, 2.24) is 0 Å². The summed E-state index contributed by atoms with van der Waals surface area (Å²) >= 11 is 10.0. The van der Waals surface area contributed by atoms with Crippen molar-refractivity contribution in [3.8, 4) is 50.6 Å². The lowest BCUT2D eigenvalue weighted by atomic mass is 9.93. The first-order chi connectivity index (χ1) is 20.9. The summed E-state index contributed by atoms with van der Waals surface area (Å²) in [5.41, 5.74) is 5.58. The van der Waals surface area contributed by atoms with Gasteiger partial charge in [0.2, 0.25) is 0 Å². The summed E-state index contributed by atoms with van der Waals surface area (Å²) in [4.78, 5) is 37.0. The summed E-state index contributed by atoms with van der Waals surface area (Å²) in [6.07, 6.45) is 0. The van der Waals surface area contributed by atoms with Gasteiger partial charge >= 0.3 is 17.9 Å². The third kappa shape index (κ3) is 9.37. The number of benzene rings is 4. The minimum atomic E-state index is -0.800. The van der Waals surface area contributed by atoms with Crippen LogP contribution in [0.3, 0.4) is 0 Å². The van der Waals surface area contributed by atoms with Crippen LogP contribution in [0.1, 0.15) is 41.5 Å². The highest BCUT2D eigenvalue weighted by atomic mass is 79.9. The number of rotatable bonds is 9. The minimum absolute atomic E-state index is 0.387. The number of carbonyl (C=O) groups is 3. The summed E-state index contributed by atoms with van der Waals surface area (Å²) < 4.78 is 14.1. The summed E-state index contributed by atoms with van der Waals surface area (Å²) in [5, 5.41) is 0. The summed E-state index contributed by atoms with van der Waals surface area (Å²) in [7, 11) is 0. The average Bonchev–Trinajstić information content (AvgIpc) is 2.96. The Morgan fingerprint density at radius 3 is 0.778 bits per heavy atom. The lowest BCUT2D eigenvalue weighted by Gasteiger charge is -2.16. The summed E-state index contributed by atoms with van der Waals surface area (Å²) in [6, 6.07) is 28.2. The quantitative estimate of drug-likeness (QED) is 0.0953. The van der Waals surface area contributed by atoms with Gasteiger partial charge in [-0.2, -0.15) is 0 Å². The predicted molar refractivity (Wildman–Crippen MR) is 189 cm³/mol. The van der Waals surface area contributed by atoms with Crippen molar-refractivity contribution in [3.05, 3.63) is 91.0 Å². The van der Waals surface area contributed by atoms with Crippen LogP contribution >= 0.6 is 47.8 Å². The normalized spacial score (nSPS) is 11.9. The molecule has 0 saturated heterocycles. The first-order valence-electron chi connectivity index (χ1n) is 14.1. The number of halogens is 3. The molecule has 0 spiro atoms. The molecule has 0 fully saturated rings. The zero-order valence-electron chi connectivity index (χ0n) is 25.7. The third-order valence-electron chi connectivity index (χ3n) is 6.58. The number of hydrogen-bond acceptors (Lipinski definition) is 6. The molecule has 6 nitrogen and oxygen atoms in total. The number of carbonyl (C=O) groups excluding carboxylic acids is 3. The van der Waals surface area contributed by atoms with Crippen LogP contribution in [0.15, 0.2) is 91.0 Å². The Morgan fingerprint density at radius 2 is 0.600 bits per heavy atom. The Balaban J connectivity index is 1.70. The van der Waals surface area contributed by atoms with Crippen molar-refractivity contribution in [2.24, 2.45) is 0 Å². The molecule has 0 aromatic heterocycles. The average molecular weight is 801 g/mol. The summed E-state index contributed by atoms with van der Waals surface area (Å²) in [6.45, 7) is 10.4. The lowest BCUT2D eigenvalue weighted by Crippen LogP contribution is -2.29. The maximum atomic E-state index is 12.3. The molecule has 4 aromatic rings. The minimum Gasteiger partial charge on any atom is -0.426 e. The van der Waals surface area contributed by atoms with Crippen molar-refractivity contribution in [3.63, 3.8) is 0 Å². The molecule has 234 valence electrons. The molecule has 0 amide bonds. The molecule has 0 radical (unpaired) electrons. The van der Waals surface area contributed by atoms with Gasteiger partial charge in [0, 0.05) is 0 Å². The molecule has 4 aromatic carbocycles. The molecule has 9 heteroatoms. The van der Waals surface area contributed by atoms with Crippen LogP contribution in [0.5, 0.6) is 17.2 Å². The monoisotopic (exact) mass is 798 g/mol. The zero-order chi connectivity index (χ0) is 33.2. The zero-order valence-corrected chi connectivity index (χ0v) is 30.5. The van der Waals surface area contributed by atoms with Crippen LogP contribution in [0.2, 0.25) is 0 Å². The van der Waals surface area contributed by atoms with E-state index in [9.17, 15) is 14.4 Å². The second-order valence-corrected chi connectivity index (χ2v) is 17.9. The molecule has 0 atom stereocenters. The van der Waals surface area contributed by atoms with Crippen molar-refractivity contribution >= 4 is 65.7 Å². The molecular formula is C36H33Br3O6. The molecule has 4 rings (SSSR count). The topological polar surface area (TPSA) is 78.9 Å². The lowest BCUT2D eigenvalue weighted by molar-refractivity contribution is -0.136. The van der Waals surface area contributed by atoms with E-state index >= 15 is 0 Å². The highest BCUT2D eigenvalue weighted by molar-refractivity contribution is 9.10. The van der Waals surface area contributed by atoms with E-state index in [1.54, 1.807) is 77.9 Å². The van der Waals surface area contributed by atoms with Crippen molar-refractivity contribution < 1.29 is 28.6 Å². The molecule has 0 aliphatic heterocycles. The first kappa shape index (κ1) is 34.6. The highest BCUT2D eigenvalue weighted by Gasteiger charge is 2.27. The van der Waals surface area contributed by atoms with Gasteiger partial charge in [-0.05, 0) is 130 Å². The molecule has 0 unspecified atom stereocenters. The van der Waals surface area contributed by atoms with E-state index in [0.717, 1.165) is 33.4 Å². The highest BCUT2D eigenvalue weighted by Crippen LogP contribution is 2.35. The number of esters is 3. The van der Waals surface area contributed by atoms with E-state index in [-0.39, 0.29) is 17.9 Å². The molecule has 45 heavy (non-hydrogen) atoms. The van der Waals surface area contributed by atoms with Crippen molar-refractivity contribution in [2.45, 2.75) is 54.5 Å². The second-order valence-electron chi connectivity index (χ2n) is 12.0. The Labute approximate surface area is 288 Å². The van der Waals surface area contributed by atoms with Gasteiger partial charge in [0.1, 0.15) is 30.2 Å². The standard InChI is InChI=1S/C36H33Br3O6/c1-34(2,37)31(40)43-28-13-7-22(8-14-28)25-19-26(23-9-15-29(16-10-23)44-32(41)35(3,4)38)21-27(20-25)24-11-17-30(18-12-24)45-33(42)36(5,6)39/h7-21H,1-6H3. The number of alkyl halides is 3. The van der Waals surface area contributed by atoms with Crippen LogP contribution in [0.4, 0.5) is 0 Å². The Kier molecular flexibility index (Phi) is 10.5. The largest absolute Gasteiger partial charge is 0.426 e. The van der Waals surface area contributed by atoms with Gasteiger partial charge in [-0.3, -0.25) is 14.4 Å². The molecule has 0 heterocycles. The van der Waals surface area contributed by atoms with Gasteiger partial charge in [-0.1, -0.05) is 84.2 Å². The van der Waals surface area contributed by atoms with E-state index in [4.69, 9.17) is 14.2 Å². The Hall–Kier alpha value is -3.27. The predicted octanol–water partition coefficient (Wildman–Crippen LogP) is 9.92. The number of hydrogen-bond donors (Lipinski definition) is 0. The molecule has 0 bridgehead atoms. The fraction of sp³-hybridized carbons (Fsp3) is 0.250. The van der Waals surface area contributed by atoms with Gasteiger partial charge in [-0.25, -0.2) is 0 Å². The van der Waals surface area contributed by atoms with Crippen molar-refractivity contribution in [1.29, 1.82) is 0 Å². The maximum absolute atomic E-state index is 12.3. The first-order valence-corrected chi connectivity index (χ1v) is 16.5. The van der Waals surface area contributed by atoms with Gasteiger partial charge in [0.15, 0.2) is 0 Å².